The van der Waals surface area contributed by atoms with Crippen molar-refractivity contribution in [3.8, 4) is 0 Å². The summed E-state index contributed by atoms with van der Waals surface area (Å²) in [6.45, 7) is 6.75. The van der Waals surface area contributed by atoms with Crippen LogP contribution in [-0.2, 0) is 20.9 Å². The SMILES string of the molecule is Cc1cnn(CCC(=O)N2CCC3(CC2)CC(CC(=O)N2CCCC2)CCO3)c1. The molecule has 0 N–H and O–H groups in total. The molecule has 0 saturated carbocycles. The van der Waals surface area contributed by atoms with Gasteiger partial charge in [0.1, 0.15) is 0 Å². The molecule has 7 nitrogen and oxygen atoms in total. The standard InChI is InChI=1S/C22H34N4O3/c1-18-16-23-26(17-18)10-4-20(27)25-11-6-22(7-12-25)15-19(5-13-29-22)14-21(28)24-8-2-3-9-24/h16-17,19H,2-15H2,1H3. The van der Waals surface area contributed by atoms with E-state index in [4.69, 9.17) is 4.74 Å². The zero-order chi connectivity index (χ0) is 20.3. The lowest BCUT2D eigenvalue weighted by Crippen LogP contribution is -2.51. The molecule has 0 aliphatic carbocycles. The summed E-state index contributed by atoms with van der Waals surface area (Å²) in [5, 5.41) is 4.26. The highest BCUT2D eigenvalue weighted by atomic mass is 16.5. The van der Waals surface area contributed by atoms with Crippen LogP contribution in [0.4, 0.5) is 0 Å². The van der Waals surface area contributed by atoms with E-state index in [0.29, 0.717) is 31.2 Å². The van der Waals surface area contributed by atoms with Crippen molar-refractivity contribution in [2.45, 2.75) is 70.4 Å². The molecule has 0 aromatic carbocycles. The largest absolute Gasteiger partial charge is 0.375 e. The quantitative estimate of drug-likeness (QED) is 0.758. The summed E-state index contributed by atoms with van der Waals surface area (Å²) in [6.07, 6.45) is 10.9. The fraction of sp³-hybridized carbons (Fsp3) is 0.773. The van der Waals surface area contributed by atoms with Crippen LogP contribution in [0.3, 0.4) is 0 Å². The molecule has 2 amide bonds. The molecule has 1 aromatic rings. The van der Waals surface area contributed by atoms with Gasteiger partial charge in [0.05, 0.1) is 11.8 Å². The normalized spacial score (nSPS) is 24.2. The van der Waals surface area contributed by atoms with Gasteiger partial charge in [0.25, 0.3) is 0 Å². The molecular formula is C22H34N4O3. The lowest BCUT2D eigenvalue weighted by molar-refractivity contribution is -0.149. The molecule has 1 unspecified atom stereocenters. The van der Waals surface area contributed by atoms with Crippen LogP contribution >= 0.6 is 0 Å². The smallest absolute Gasteiger partial charge is 0.224 e. The van der Waals surface area contributed by atoms with E-state index in [9.17, 15) is 9.59 Å². The number of amides is 2. The van der Waals surface area contributed by atoms with E-state index >= 15 is 0 Å². The molecule has 1 aromatic heterocycles. The fourth-order valence-electron chi connectivity index (χ4n) is 5.12. The second kappa shape index (κ2) is 8.86. The Morgan fingerprint density at radius 1 is 1.14 bits per heavy atom. The lowest BCUT2D eigenvalue weighted by atomic mass is 9.78. The number of hydrogen-bond acceptors (Lipinski definition) is 4. The van der Waals surface area contributed by atoms with Gasteiger partial charge in [-0.1, -0.05) is 0 Å². The average Bonchev–Trinajstić information content (AvgIpc) is 3.39. The summed E-state index contributed by atoms with van der Waals surface area (Å²) in [5.74, 6) is 0.942. The van der Waals surface area contributed by atoms with E-state index in [-0.39, 0.29) is 11.5 Å². The number of ether oxygens (including phenoxy) is 1. The van der Waals surface area contributed by atoms with E-state index in [0.717, 1.165) is 76.9 Å². The number of nitrogens with zero attached hydrogens (tertiary/aromatic N) is 4. The topological polar surface area (TPSA) is 67.7 Å². The van der Waals surface area contributed by atoms with Crippen molar-refractivity contribution in [3.05, 3.63) is 18.0 Å². The van der Waals surface area contributed by atoms with Gasteiger partial charge in [-0.15, -0.1) is 0 Å². The number of piperidine rings is 1. The van der Waals surface area contributed by atoms with Gasteiger partial charge < -0.3 is 14.5 Å². The molecule has 29 heavy (non-hydrogen) atoms. The Morgan fingerprint density at radius 2 is 1.86 bits per heavy atom. The second-order valence-corrected chi connectivity index (χ2v) is 9.09. The van der Waals surface area contributed by atoms with Gasteiger partial charge in [-0.2, -0.15) is 5.10 Å². The lowest BCUT2D eigenvalue weighted by Gasteiger charge is -2.46. The summed E-state index contributed by atoms with van der Waals surface area (Å²) in [5.41, 5.74) is 0.981. The molecule has 7 heteroatoms. The first kappa shape index (κ1) is 20.4. The van der Waals surface area contributed by atoms with Crippen LogP contribution < -0.4 is 0 Å². The van der Waals surface area contributed by atoms with Crippen molar-refractivity contribution in [1.82, 2.24) is 19.6 Å². The van der Waals surface area contributed by atoms with Gasteiger partial charge in [0, 0.05) is 58.4 Å². The van der Waals surface area contributed by atoms with Gasteiger partial charge in [-0.05, 0) is 56.9 Å². The third-order valence-corrected chi connectivity index (χ3v) is 6.86. The minimum Gasteiger partial charge on any atom is -0.375 e. The zero-order valence-corrected chi connectivity index (χ0v) is 17.6. The van der Waals surface area contributed by atoms with Gasteiger partial charge in [0.2, 0.25) is 11.8 Å². The number of rotatable bonds is 5. The monoisotopic (exact) mass is 402 g/mol. The first-order valence-corrected chi connectivity index (χ1v) is 11.2. The third kappa shape index (κ3) is 5.00. The maximum Gasteiger partial charge on any atom is 0.224 e. The molecule has 3 saturated heterocycles. The molecule has 3 aliphatic rings. The molecule has 3 aliphatic heterocycles. The Kier molecular flexibility index (Phi) is 6.23. The van der Waals surface area contributed by atoms with E-state index < -0.39 is 0 Å². The van der Waals surface area contributed by atoms with Crippen LogP contribution in [0.2, 0.25) is 0 Å². The van der Waals surface area contributed by atoms with Gasteiger partial charge in [0.15, 0.2) is 0 Å². The molecule has 0 radical (unpaired) electrons. The van der Waals surface area contributed by atoms with Crippen LogP contribution in [0.5, 0.6) is 0 Å². The number of aryl methyl sites for hydroxylation is 2. The van der Waals surface area contributed by atoms with Gasteiger partial charge in [-0.25, -0.2) is 0 Å². The fourth-order valence-corrected chi connectivity index (χ4v) is 5.12. The second-order valence-electron chi connectivity index (χ2n) is 9.09. The molecule has 1 atom stereocenters. The zero-order valence-electron chi connectivity index (χ0n) is 17.6. The molecule has 4 rings (SSSR count). The first-order valence-electron chi connectivity index (χ1n) is 11.2. The minimum atomic E-state index is -0.135. The molecule has 0 bridgehead atoms. The molecule has 4 heterocycles. The molecule has 1 spiro atoms. The number of carbonyl (C=O) groups is 2. The van der Waals surface area contributed by atoms with Crippen molar-refractivity contribution in [2.24, 2.45) is 5.92 Å². The Labute approximate surface area is 173 Å². The van der Waals surface area contributed by atoms with Crippen LogP contribution in [0.15, 0.2) is 12.4 Å². The summed E-state index contributed by atoms with van der Waals surface area (Å²) in [7, 11) is 0. The van der Waals surface area contributed by atoms with Crippen LogP contribution in [0, 0.1) is 12.8 Å². The Hall–Kier alpha value is -1.89. The number of hydrogen-bond donors (Lipinski definition) is 0. The predicted octanol–water partition coefficient (Wildman–Crippen LogP) is 2.38. The van der Waals surface area contributed by atoms with Crippen molar-refractivity contribution < 1.29 is 14.3 Å². The predicted molar refractivity (Wildman–Crippen MR) is 109 cm³/mol. The minimum absolute atomic E-state index is 0.135. The summed E-state index contributed by atoms with van der Waals surface area (Å²) < 4.78 is 8.07. The highest BCUT2D eigenvalue weighted by Crippen LogP contribution is 2.39. The molecular weight excluding hydrogens is 368 g/mol. The van der Waals surface area contributed by atoms with Crippen LogP contribution in [-0.4, -0.2) is 69.8 Å². The summed E-state index contributed by atoms with van der Waals surface area (Å²) in [6, 6.07) is 0. The maximum absolute atomic E-state index is 12.6. The van der Waals surface area contributed by atoms with E-state index in [1.807, 2.05) is 33.8 Å². The highest BCUT2D eigenvalue weighted by Gasteiger charge is 2.41. The van der Waals surface area contributed by atoms with Crippen molar-refractivity contribution in [2.75, 3.05) is 32.8 Å². The number of aromatic nitrogens is 2. The summed E-state index contributed by atoms with van der Waals surface area (Å²) in [4.78, 5) is 29.2. The van der Waals surface area contributed by atoms with Crippen molar-refractivity contribution >= 4 is 11.8 Å². The molecule has 160 valence electrons. The Bertz CT molecular complexity index is 717. The Morgan fingerprint density at radius 3 is 2.55 bits per heavy atom. The maximum atomic E-state index is 12.6. The first-order chi connectivity index (χ1) is 14.0. The van der Waals surface area contributed by atoms with Crippen LogP contribution in [0.25, 0.3) is 0 Å². The Balaban J connectivity index is 1.24. The third-order valence-electron chi connectivity index (χ3n) is 6.86. The average molecular weight is 403 g/mol. The van der Waals surface area contributed by atoms with E-state index in [1.165, 1.54) is 0 Å². The molecule has 3 fully saturated rings. The van der Waals surface area contributed by atoms with Gasteiger partial charge >= 0.3 is 0 Å². The van der Waals surface area contributed by atoms with Gasteiger partial charge in [-0.3, -0.25) is 14.3 Å². The number of carbonyl (C=O) groups excluding carboxylic acids is 2. The van der Waals surface area contributed by atoms with E-state index in [1.54, 1.807) is 0 Å². The van der Waals surface area contributed by atoms with Crippen molar-refractivity contribution in [3.63, 3.8) is 0 Å². The van der Waals surface area contributed by atoms with Crippen molar-refractivity contribution in [1.29, 1.82) is 0 Å². The highest BCUT2D eigenvalue weighted by molar-refractivity contribution is 5.77. The summed E-state index contributed by atoms with van der Waals surface area (Å²) >= 11 is 0. The van der Waals surface area contributed by atoms with E-state index in [2.05, 4.69) is 5.10 Å². The van der Waals surface area contributed by atoms with Crippen LogP contribution in [0.1, 0.15) is 56.9 Å². The number of likely N-dealkylation sites (tertiary alicyclic amines) is 2.